The summed E-state index contributed by atoms with van der Waals surface area (Å²) in [7, 11) is 0. The summed E-state index contributed by atoms with van der Waals surface area (Å²) in [4.78, 5) is 4.34. The van der Waals surface area contributed by atoms with Crippen LogP contribution in [0.1, 0.15) is 31.1 Å². The molecule has 1 saturated carbocycles. The molecular weight excluding hydrogens is 358 g/mol. The van der Waals surface area contributed by atoms with Crippen molar-refractivity contribution in [2.75, 3.05) is 6.61 Å². The van der Waals surface area contributed by atoms with Gasteiger partial charge in [-0.3, -0.25) is 0 Å². The van der Waals surface area contributed by atoms with Crippen molar-refractivity contribution in [3.8, 4) is 11.5 Å². The molecule has 1 aliphatic carbocycles. The van der Waals surface area contributed by atoms with Crippen LogP contribution in [0.15, 0.2) is 27.2 Å². The van der Waals surface area contributed by atoms with Crippen molar-refractivity contribution in [1.82, 2.24) is 10.1 Å². The summed E-state index contributed by atoms with van der Waals surface area (Å²) in [6, 6.07) is 4.99. The van der Waals surface area contributed by atoms with Crippen LogP contribution in [0.4, 0.5) is 0 Å². The molecule has 0 radical (unpaired) electrons. The Kier molecular flexibility index (Phi) is 4.59. The molecule has 1 fully saturated rings. The molecule has 0 saturated heterocycles. The number of halogens is 2. The summed E-state index contributed by atoms with van der Waals surface area (Å²) < 4.78 is 11.7. The zero-order valence-electron chi connectivity index (χ0n) is 11.3. The fourth-order valence-corrected chi connectivity index (χ4v) is 2.86. The van der Waals surface area contributed by atoms with Gasteiger partial charge < -0.3 is 15.0 Å². The molecule has 5 nitrogen and oxygen atoms in total. The highest BCUT2D eigenvalue weighted by Crippen LogP contribution is 2.30. The van der Waals surface area contributed by atoms with E-state index in [1.165, 1.54) is 6.42 Å². The molecule has 1 atom stereocenters. The molecule has 1 aliphatic rings. The number of nitrogens with two attached hydrogens (primary N) is 1. The van der Waals surface area contributed by atoms with Crippen LogP contribution in [-0.4, -0.2) is 22.9 Å². The first-order valence-corrected chi connectivity index (χ1v) is 7.97. The maximum absolute atomic E-state index is 6.03. The smallest absolute Gasteiger partial charge is 0.259 e. The lowest BCUT2D eigenvalue weighted by Gasteiger charge is -2.26. The Morgan fingerprint density at radius 1 is 1.48 bits per heavy atom. The van der Waals surface area contributed by atoms with E-state index in [0.717, 1.165) is 22.9 Å². The Bertz CT molecular complexity index is 630. The summed E-state index contributed by atoms with van der Waals surface area (Å²) in [5.74, 6) is 0.860. The van der Waals surface area contributed by atoms with E-state index >= 15 is 0 Å². The lowest BCUT2D eigenvalue weighted by Crippen LogP contribution is -2.27. The van der Waals surface area contributed by atoms with Crippen LogP contribution in [-0.2, 0) is 4.74 Å². The van der Waals surface area contributed by atoms with Gasteiger partial charge in [-0.25, -0.2) is 0 Å². The summed E-state index contributed by atoms with van der Waals surface area (Å²) in [6.45, 7) is 0.408. The summed E-state index contributed by atoms with van der Waals surface area (Å²) in [5.41, 5.74) is 6.82. The minimum Gasteiger partial charge on any atom is -0.376 e. The third kappa shape index (κ3) is 3.45. The van der Waals surface area contributed by atoms with Gasteiger partial charge in [-0.1, -0.05) is 16.8 Å². The van der Waals surface area contributed by atoms with Gasteiger partial charge in [0.15, 0.2) is 5.82 Å². The Morgan fingerprint density at radius 3 is 2.95 bits per heavy atom. The molecule has 7 heteroatoms. The van der Waals surface area contributed by atoms with E-state index in [2.05, 4.69) is 26.1 Å². The van der Waals surface area contributed by atoms with Gasteiger partial charge in [0, 0.05) is 9.50 Å². The first-order chi connectivity index (χ1) is 10.1. The molecule has 3 rings (SSSR count). The van der Waals surface area contributed by atoms with Gasteiger partial charge in [-0.2, -0.15) is 4.98 Å². The van der Waals surface area contributed by atoms with Crippen LogP contribution in [0.25, 0.3) is 11.5 Å². The Labute approximate surface area is 135 Å². The Hall–Kier alpha value is -0.950. The van der Waals surface area contributed by atoms with Crippen molar-refractivity contribution in [1.29, 1.82) is 0 Å². The average Bonchev–Trinajstić information content (AvgIpc) is 2.86. The maximum Gasteiger partial charge on any atom is 0.259 e. The fraction of sp³-hybridized carbons (Fsp3) is 0.429. The highest BCUT2D eigenvalue weighted by atomic mass is 79.9. The number of hydrogen-bond donors (Lipinski definition) is 1. The molecule has 0 bridgehead atoms. The van der Waals surface area contributed by atoms with Crippen molar-refractivity contribution in [2.45, 2.75) is 31.4 Å². The van der Waals surface area contributed by atoms with Crippen molar-refractivity contribution >= 4 is 27.5 Å². The lowest BCUT2D eigenvalue weighted by molar-refractivity contribution is -0.00549. The van der Waals surface area contributed by atoms with E-state index < -0.39 is 0 Å². The second-order valence-corrected chi connectivity index (χ2v) is 6.37. The molecule has 112 valence electrons. The van der Waals surface area contributed by atoms with Crippen molar-refractivity contribution in [2.24, 2.45) is 5.73 Å². The van der Waals surface area contributed by atoms with E-state index in [9.17, 15) is 0 Å². The molecule has 0 amide bonds. The molecule has 2 N–H and O–H groups in total. The quantitative estimate of drug-likeness (QED) is 0.866. The van der Waals surface area contributed by atoms with Crippen molar-refractivity contribution in [3.63, 3.8) is 0 Å². The maximum atomic E-state index is 6.03. The third-order valence-electron chi connectivity index (χ3n) is 3.50. The monoisotopic (exact) mass is 371 g/mol. The second kappa shape index (κ2) is 6.44. The topological polar surface area (TPSA) is 74.2 Å². The zero-order chi connectivity index (χ0) is 14.8. The number of benzene rings is 1. The van der Waals surface area contributed by atoms with Crippen LogP contribution in [0.5, 0.6) is 0 Å². The lowest BCUT2D eigenvalue weighted by atomic mass is 9.96. The van der Waals surface area contributed by atoms with Crippen LogP contribution in [0.2, 0.25) is 5.02 Å². The molecule has 0 aliphatic heterocycles. The zero-order valence-corrected chi connectivity index (χ0v) is 13.6. The SMILES string of the molecule is NC(COC1CCC1)c1noc(-c2ccc(Cl)cc2Br)n1. The predicted molar refractivity (Wildman–Crippen MR) is 83.0 cm³/mol. The average molecular weight is 373 g/mol. The number of ether oxygens (including phenoxy) is 1. The van der Waals surface area contributed by atoms with Gasteiger partial charge in [-0.05, 0) is 53.4 Å². The van der Waals surface area contributed by atoms with E-state index in [1.807, 2.05) is 6.07 Å². The van der Waals surface area contributed by atoms with Crippen LogP contribution >= 0.6 is 27.5 Å². The van der Waals surface area contributed by atoms with E-state index in [1.54, 1.807) is 12.1 Å². The van der Waals surface area contributed by atoms with Crippen LogP contribution in [0.3, 0.4) is 0 Å². The molecule has 1 aromatic carbocycles. The third-order valence-corrected chi connectivity index (χ3v) is 4.39. The minimum absolute atomic E-state index is 0.341. The van der Waals surface area contributed by atoms with Gasteiger partial charge in [0.25, 0.3) is 5.89 Å². The second-order valence-electron chi connectivity index (χ2n) is 5.07. The molecule has 1 aromatic heterocycles. The largest absolute Gasteiger partial charge is 0.376 e. The predicted octanol–water partition coefficient (Wildman–Crippen LogP) is 3.72. The van der Waals surface area contributed by atoms with Gasteiger partial charge in [-0.15, -0.1) is 0 Å². The van der Waals surface area contributed by atoms with Crippen LogP contribution in [0, 0.1) is 0 Å². The molecule has 21 heavy (non-hydrogen) atoms. The van der Waals surface area contributed by atoms with Gasteiger partial charge in [0.2, 0.25) is 0 Å². The van der Waals surface area contributed by atoms with E-state index in [-0.39, 0.29) is 6.04 Å². The number of aromatic nitrogens is 2. The van der Waals surface area contributed by atoms with Crippen LogP contribution < -0.4 is 5.73 Å². The number of nitrogens with zero attached hydrogens (tertiary/aromatic N) is 2. The van der Waals surface area contributed by atoms with Gasteiger partial charge >= 0.3 is 0 Å². The molecule has 0 spiro atoms. The van der Waals surface area contributed by atoms with Gasteiger partial charge in [0.1, 0.15) is 0 Å². The summed E-state index contributed by atoms with van der Waals surface area (Å²) in [6.07, 6.45) is 3.80. The standard InChI is InChI=1S/C14H15BrClN3O2/c15-11-6-8(16)4-5-10(11)14-18-13(19-21-14)12(17)7-20-9-2-1-3-9/h4-6,9,12H,1-3,7,17H2. The first-order valence-electron chi connectivity index (χ1n) is 6.79. The van der Waals surface area contributed by atoms with Gasteiger partial charge in [0.05, 0.1) is 24.3 Å². The minimum atomic E-state index is -0.380. The molecule has 2 aromatic rings. The summed E-state index contributed by atoms with van der Waals surface area (Å²) in [5, 5.41) is 4.57. The van der Waals surface area contributed by atoms with E-state index in [4.69, 9.17) is 26.6 Å². The highest BCUT2D eigenvalue weighted by Gasteiger charge is 2.22. The molecular formula is C14H15BrClN3O2. The Morgan fingerprint density at radius 2 is 2.29 bits per heavy atom. The molecule has 1 unspecified atom stereocenters. The number of hydrogen-bond acceptors (Lipinski definition) is 5. The van der Waals surface area contributed by atoms with Crippen molar-refractivity contribution in [3.05, 3.63) is 33.5 Å². The molecule has 1 heterocycles. The normalized spacial score (nSPS) is 16.7. The van der Waals surface area contributed by atoms with E-state index in [0.29, 0.717) is 29.4 Å². The van der Waals surface area contributed by atoms with Crippen molar-refractivity contribution < 1.29 is 9.26 Å². The highest BCUT2D eigenvalue weighted by molar-refractivity contribution is 9.10. The fourth-order valence-electron chi connectivity index (χ4n) is 2.01. The first kappa shape index (κ1) is 15.0. The Balaban J connectivity index is 1.69. The number of rotatable bonds is 5. The summed E-state index contributed by atoms with van der Waals surface area (Å²) >= 11 is 9.35.